The van der Waals surface area contributed by atoms with Crippen molar-refractivity contribution >= 4 is 17.0 Å². The van der Waals surface area contributed by atoms with E-state index in [-0.39, 0.29) is 11.9 Å². The average Bonchev–Trinajstić information content (AvgIpc) is 3.05. The lowest BCUT2D eigenvalue weighted by Crippen LogP contribution is -2.41. The van der Waals surface area contributed by atoms with Gasteiger partial charge >= 0.3 is 0 Å². The molecule has 1 aliphatic rings. The van der Waals surface area contributed by atoms with Gasteiger partial charge in [-0.3, -0.25) is 4.79 Å². The molecule has 21 heavy (non-hydrogen) atoms. The lowest BCUT2D eigenvalue weighted by molar-refractivity contribution is -0.122. The van der Waals surface area contributed by atoms with Gasteiger partial charge in [-0.15, -0.1) is 0 Å². The maximum Gasteiger partial charge on any atom is 0.237 e. The van der Waals surface area contributed by atoms with E-state index in [2.05, 4.69) is 15.6 Å². The third-order valence-electron chi connectivity index (χ3n) is 3.73. The summed E-state index contributed by atoms with van der Waals surface area (Å²) in [4.78, 5) is 16.3. The summed E-state index contributed by atoms with van der Waals surface area (Å²) in [5.41, 5.74) is 2.73. The van der Waals surface area contributed by atoms with Crippen molar-refractivity contribution < 1.29 is 14.3 Å². The highest BCUT2D eigenvalue weighted by molar-refractivity contribution is 5.82. The minimum absolute atomic E-state index is 0.0844. The van der Waals surface area contributed by atoms with E-state index in [9.17, 15) is 9.90 Å². The van der Waals surface area contributed by atoms with Crippen molar-refractivity contribution in [3.63, 3.8) is 0 Å². The van der Waals surface area contributed by atoms with Gasteiger partial charge in [-0.25, -0.2) is 4.98 Å². The number of carbonyl (C=O) groups is 1. The molecule has 112 valence electrons. The van der Waals surface area contributed by atoms with E-state index in [1.54, 1.807) is 0 Å². The molecule has 1 amide bonds. The summed E-state index contributed by atoms with van der Waals surface area (Å²) in [6, 6.07) is 5.52. The molecule has 3 N–H and O–H groups in total. The Hall–Kier alpha value is -1.92. The van der Waals surface area contributed by atoms with Crippen molar-refractivity contribution in [2.75, 3.05) is 13.1 Å². The van der Waals surface area contributed by atoms with Gasteiger partial charge in [0.2, 0.25) is 5.91 Å². The third-order valence-corrected chi connectivity index (χ3v) is 3.73. The van der Waals surface area contributed by atoms with E-state index in [0.717, 1.165) is 16.7 Å². The minimum atomic E-state index is -0.430. The predicted octanol–water partition coefficient (Wildman–Crippen LogP) is 0.518. The molecule has 0 radical (unpaired) electrons. The van der Waals surface area contributed by atoms with Crippen LogP contribution in [0.25, 0.3) is 11.1 Å². The smallest absolute Gasteiger partial charge is 0.237 e. The Morgan fingerprint density at radius 2 is 2.43 bits per heavy atom. The summed E-state index contributed by atoms with van der Waals surface area (Å²) in [6.45, 7) is 2.94. The molecule has 0 spiro atoms. The normalized spacial score (nSPS) is 21.8. The highest BCUT2D eigenvalue weighted by Gasteiger charge is 2.27. The second-order valence-corrected chi connectivity index (χ2v) is 5.42. The Morgan fingerprint density at radius 1 is 1.57 bits per heavy atom. The Kier molecular flexibility index (Phi) is 3.90. The summed E-state index contributed by atoms with van der Waals surface area (Å²) in [5, 5.41) is 15.2. The second-order valence-electron chi connectivity index (χ2n) is 5.42. The summed E-state index contributed by atoms with van der Waals surface area (Å²) < 4.78 is 5.66. The zero-order chi connectivity index (χ0) is 14.8. The fourth-order valence-corrected chi connectivity index (χ4v) is 2.57. The predicted molar refractivity (Wildman–Crippen MR) is 77.9 cm³/mol. The summed E-state index contributed by atoms with van der Waals surface area (Å²) >= 11 is 0. The molecule has 3 rings (SSSR count). The van der Waals surface area contributed by atoms with E-state index in [4.69, 9.17) is 4.42 Å². The Morgan fingerprint density at radius 3 is 3.14 bits per heavy atom. The number of para-hydroxylation sites is 1. The van der Waals surface area contributed by atoms with Crippen molar-refractivity contribution in [3.05, 3.63) is 29.7 Å². The molecule has 0 unspecified atom stereocenters. The number of oxazole rings is 1. The van der Waals surface area contributed by atoms with Crippen LogP contribution in [0, 0.1) is 6.92 Å². The lowest BCUT2D eigenvalue weighted by Gasteiger charge is -2.09. The van der Waals surface area contributed by atoms with Gasteiger partial charge in [0.15, 0.2) is 11.5 Å². The molecule has 0 saturated carbocycles. The molecule has 1 aliphatic heterocycles. The number of aryl methyl sites for hydroxylation is 1. The molecule has 2 aromatic rings. The van der Waals surface area contributed by atoms with Gasteiger partial charge in [0.1, 0.15) is 5.52 Å². The first kappa shape index (κ1) is 14.0. The number of nitrogens with zero attached hydrogens (tertiary/aromatic N) is 1. The Balaban J connectivity index is 1.54. The number of amides is 1. The number of fused-ring (bicyclic) bond motifs is 1. The molecule has 0 bridgehead atoms. The Labute approximate surface area is 122 Å². The first-order valence-corrected chi connectivity index (χ1v) is 7.17. The highest BCUT2D eigenvalue weighted by atomic mass is 16.3. The van der Waals surface area contributed by atoms with Crippen LogP contribution in [0.2, 0.25) is 0 Å². The van der Waals surface area contributed by atoms with Gasteiger partial charge in [0, 0.05) is 19.5 Å². The number of rotatable bonds is 4. The Bertz CT molecular complexity index is 653. The standard InChI is InChI=1S/C15H19N3O3/c1-9-3-2-4-12-14(9)18-13(21-12)5-6-16-15(20)11-7-10(19)8-17-11/h2-4,10-11,17,19H,5-8H2,1H3,(H,16,20)/t10-,11-/m1/s1. The molecule has 1 aromatic carbocycles. The van der Waals surface area contributed by atoms with Gasteiger partial charge < -0.3 is 20.2 Å². The molecule has 6 heteroatoms. The molecular weight excluding hydrogens is 270 g/mol. The van der Waals surface area contributed by atoms with Gasteiger partial charge in [0.25, 0.3) is 0 Å². The summed E-state index contributed by atoms with van der Waals surface area (Å²) in [6.07, 6.45) is 0.587. The number of hydrogen-bond donors (Lipinski definition) is 3. The first-order valence-electron chi connectivity index (χ1n) is 7.17. The van der Waals surface area contributed by atoms with Crippen molar-refractivity contribution in [2.24, 2.45) is 0 Å². The monoisotopic (exact) mass is 289 g/mol. The molecule has 1 aromatic heterocycles. The largest absolute Gasteiger partial charge is 0.441 e. The number of nitrogens with one attached hydrogen (secondary N) is 2. The van der Waals surface area contributed by atoms with E-state index < -0.39 is 6.10 Å². The molecule has 2 atom stereocenters. The van der Waals surface area contributed by atoms with Crippen LogP contribution in [-0.2, 0) is 11.2 Å². The zero-order valence-electron chi connectivity index (χ0n) is 11.9. The quantitative estimate of drug-likeness (QED) is 0.763. The maximum absolute atomic E-state index is 11.9. The second kappa shape index (κ2) is 5.83. The van der Waals surface area contributed by atoms with Crippen LogP contribution in [0.5, 0.6) is 0 Å². The van der Waals surface area contributed by atoms with Crippen LogP contribution >= 0.6 is 0 Å². The van der Waals surface area contributed by atoms with Crippen LogP contribution < -0.4 is 10.6 Å². The number of β-amino-alcohol motifs (C(OH)–C–C–N with tert-alkyl or cyclic N) is 1. The average molecular weight is 289 g/mol. The topological polar surface area (TPSA) is 87.4 Å². The number of aliphatic hydroxyl groups is 1. The SMILES string of the molecule is Cc1cccc2oc(CCNC(=O)[C@H]3C[C@@H](O)CN3)nc12. The molecule has 1 fully saturated rings. The first-order chi connectivity index (χ1) is 10.1. The number of aliphatic hydroxyl groups excluding tert-OH is 1. The molecule has 2 heterocycles. The fourth-order valence-electron chi connectivity index (χ4n) is 2.57. The van der Waals surface area contributed by atoms with Crippen LogP contribution in [0.3, 0.4) is 0 Å². The van der Waals surface area contributed by atoms with Gasteiger partial charge in [-0.1, -0.05) is 12.1 Å². The molecular formula is C15H19N3O3. The van der Waals surface area contributed by atoms with Gasteiger partial charge in [-0.05, 0) is 25.0 Å². The van der Waals surface area contributed by atoms with Gasteiger partial charge in [-0.2, -0.15) is 0 Å². The van der Waals surface area contributed by atoms with Crippen molar-refractivity contribution in [1.29, 1.82) is 0 Å². The van der Waals surface area contributed by atoms with Crippen LogP contribution in [0.1, 0.15) is 17.9 Å². The van der Waals surface area contributed by atoms with E-state index in [0.29, 0.717) is 31.8 Å². The number of benzene rings is 1. The highest BCUT2D eigenvalue weighted by Crippen LogP contribution is 2.18. The van der Waals surface area contributed by atoms with E-state index in [1.807, 2.05) is 25.1 Å². The number of carbonyl (C=O) groups excluding carboxylic acids is 1. The third kappa shape index (κ3) is 3.06. The van der Waals surface area contributed by atoms with E-state index in [1.165, 1.54) is 0 Å². The summed E-state index contributed by atoms with van der Waals surface area (Å²) in [5.74, 6) is 0.540. The maximum atomic E-state index is 11.9. The van der Waals surface area contributed by atoms with Crippen molar-refractivity contribution in [1.82, 2.24) is 15.6 Å². The molecule has 0 aliphatic carbocycles. The fraction of sp³-hybridized carbons (Fsp3) is 0.467. The van der Waals surface area contributed by atoms with E-state index >= 15 is 0 Å². The van der Waals surface area contributed by atoms with Crippen LogP contribution in [-0.4, -0.2) is 41.2 Å². The van der Waals surface area contributed by atoms with Crippen molar-refractivity contribution in [3.8, 4) is 0 Å². The van der Waals surface area contributed by atoms with Crippen LogP contribution in [0.4, 0.5) is 0 Å². The minimum Gasteiger partial charge on any atom is -0.441 e. The number of aromatic nitrogens is 1. The van der Waals surface area contributed by atoms with Gasteiger partial charge in [0.05, 0.1) is 12.1 Å². The summed E-state index contributed by atoms with van der Waals surface area (Å²) in [7, 11) is 0. The number of hydrogen-bond acceptors (Lipinski definition) is 5. The van der Waals surface area contributed by atoms with Crippen LogP contribution in [0.15, 0.2) is 22.6 Å². The zero-order valence-corrected chi connectivity index (χ0v) is 11.9. The lowest BCUT2D eigenvalue weighted by atomic mass is 10.2. The van der Waals surface area contributed by atoms with Crippen molar-refractivity contribution in [2.45, 2.75) is 31.9 Å². The molecule has 1 saturated heterocycles. The molecule has 6 nitrogen and oxygen atoms in total.